The van der Waals surface area contributed by atoms with Gasteiger partial charge in [0.25, 0.3) is 0 Å². The Morgan fingerprint density at radius 3 is 2.17 bits per heavy atom. The number of likely N-dealkylation sites (N-methyl/N-ethyl adjacent to an activating group) is 2. The van der Waals surface area contributed by atoms with E-state index in [1.165, 1.54) is 14.0 Å². The number of aliphatic hydroxyl groups excluding tert-OH is 3. The molecule has 0 aliphatic carbocycles. The summed E-state index contributed by atoms with van der Waals surface area (Å²) in [4.78, 5) is 24.1. The largest absolute Gasteiger partial charge is 0.459 e. The summed E-state index contributed by atoms with van der Waals surface area (Å²) in [6.07, 6.45) is -3.52. The lowest BCUT2D eigenvalue weighted by atomic mass is 9.73. The maximum atomic E-state index is 14.4. The van der Waals surface area contributed by atoms with Crippen molar-refractivity contribution in [2.75, 3.05) is 47.9 Å². The molecule has 3 rings (SSSR count). The molecule has 16 heteroatoms. The third kappa shape index (κ3) is 12.6. The van der Waals surface area contributed by atoms with Crippen molar-refractivity contribution in [1.82, 2.24) is 9.80 Å². The Morgan fingerprint density at radius 2 is 1.58 bits per heavy atom. The lowest BCUT2D eigenvalue weighted by Gasteiger charge is -2.49. The first-order chi connectivity index (χ1) is 27.9. The molecule has 2 unspecified atom stereocenters. The normalized spacial score (nSPS) is 44.6. The molecule has 3 aliphatic heterocycles. The first-order valence-corrected chi connectivity index (χ1v) is 21.7. The topological polar surface area (TPSA) is 202 Å². The highest BCUT2D eigenvalue weighted by Gasteiger charge is 2.53. The van der Waals surface area contributed by atoms with Gasteiger partial charge in [-0.05, 0) is 81.9 Å². The number of terminal acetylenes is 1. The van der Waals surface area contributed by atoms with E-state index in [0.29, 0.717) is 31.6 Å². The van der Waals surface area contributed by atoms with Gasteiger partial charge in [0, 0.05) is 56.8 Å². The predicted molar refractivity (Wildman–Crippen MR) is 226 cm³/mol. The lowest BCUT2D eigenvalue weighted by Crippen LogP contribution is -2.61. The van der Waals surface area contributed by atoms with Gasteiger partial charge in [-0.3, -0.25) is 9.69 Å². The Kier molecular flexibility index (Phi) is 19.3. The van der Waals surface area contributed by atoms with Gasteiger partial charge >= 0.3 is 5.97 Å². The van der Waals surface area contributed by atoms with Gasteiger partial charge in [0.05, 0.1) is 53.4 Å². The Morgan fingerprint density at radius 1 is 0.933 bits per heavy atom. The van der Waals surface area contributed by atoms with E-state index in [1.807, 2.05) is 44.8 Å². The van der Waals surface area contributed by atoms with Crippen molar-refractivity contribution in [3.8, 4) is 12.3 Å². The quantitative estimate of drug-likeness (QED) is 0.0783. The molecule has 0 aromatic rings. The molecule has 0 aromatic heterocycles. The number of oxime groups is 1. The van der Waals surface area contributed by atoms with Crippen LogP contribution in [0.4, 0.5) is 0 Å². The van der Waals surface area contributed by atoms with E-state index in [-0.39, 0.29) is 38.0 Å². The molecular formula is C44H79N3O13. The standard InChI is InChI=1S/C44H79N3O13/c1-16-18-19-47(14)31-22-26(4)56-41(35(31)48)60-39-28(6)36(59-33-24-43(10,54-15)38(50)30(8)57-33)29(7)40(51)58-32(17-2)44(11,53)37(49)27(5)34(25(3)23-42(39,9)52)45-55-21-20-46(12)13/h1,25-33,35-39,41,48-50,52-53H,17-24H2,2-15H3/b45-34+/t25-,26-,27+,28+,29-,30+,31+,32-,33?,35-,36+,37-,38+,39-,41?,42-,43-,44-/m1/s1. The summed E-state index contributed by atoms with van der Waals surface area (Å²) in [5.41, 5.74) is -4.40. The summed E-state index contributed by atoms with van der Waals surface area (Å²) in [7, 11) is 7.18. The zero-order chi connectivity index (χ0) is 45.5. The van der Waals surface area contributed by atoms with E-state index >= 15 is 0 Å². The van der Waals surface area contributed by atoms with Crippen LogP contribution < -0.4 is 0 Å². The van der Waals surface area contributed by atoms with Crippen LogP contribution in [0.1, 0.15) is 101 Å². The number of cyclic esters (lactones) is 1. The second kappa shape index (κ2) is 22.1. The van der Waals surface area contributed by atoms with E-state index in [4.69, 9.17) is 39.7 Å². The number of methoxy groups -OCH3 is 1. The SMILES string of the molecule is C#CCCN(C)[C@H]1C[C@@H](C)OC(O[C@@H]2[C@@H](C)[C@H](OC3C[C@@](C)(OC)[C@@H](O)[C@H](C)O3)[C@@H](C)C(=O)O[C@H](CC)[C@@](C)(O)[C@H](O)[C@@H](C)/C(=N/OCCN(C)C)[C@H](C)C[C@@]2(C)O)[C@@H]1O. The molecule has 0 bridgehead atoms. The zero-order valence-electron chi connectivity index (χ0n) is 38.7. The van der Waals surface area contributed by atoms with Gasteiger partial charge in [0.15, 0.2) is 12.6 Å². The Bertz CT molecular complexity index is 1430. The van der Waals surface area contributed by atoms with Gasteiger partial charge in [-0.25, -0.2) is 0 Å². The monoisotopic (exact) mass is 858 g/mol. The van der Waals surface area contributed by atoms with Crippen molar-refractivity contribution in [3.63, 3.8) is 0 Å². The molecule has 16 nitrogen and oxygen atoms in total. The van der Waals surface area contributed by atoms with Crippen molar-refractivity contribution in [2.24, 2.45) is 28.8 Å². The van der Waals surface area contributed by atoms with Crippen molar-refractivity contribution in [3.05, 3.63) is 0 Å². The number of esters is 1. The van der Waals surface area contributed by atoms with Crippen LogP contribution in [0.3, 0.4) is 0 Å². The summed E-state index contributed by atoms with van der Waals surface area (Å²) in [5, 5.41) is 64.2. The first kappa shape index (κ1) is 52.4. The van der Waals surface area contributed by atoms with Gasteiger partial charge in [-0.15, -0.1) is 12.3 Å². The zero-order valence-corrected chi connectivity index (χ0v) is 38.7. The lowest BCUT2D eigenvalue weighted by molar-refractivity contribution is -0.318. The van der Waals surface area contributed by atoms with Gasteiger partial charge in [-0.2, -0.15) is 0 Å². The smallest absolute Gasteiger partial charge is 0.311 e. The molecule has 5 N–H and O–H groups in total. The average Bonchev–Trinajstić information content (AvgIpc) is 3.17. The first-order valence-electron chi connectivity index (χ1n) is 21.7. The maximum Gasteiger partial charge on any atom is 0.311 e. The van der Waals surface area contributed by atoms with E-state index < -0.39 is 102 Å². The average molecular weight is 858 g/mol. The summed E-state index contributed by atoms with van der Waals surface area (Å²) in [6, 6.07) is -0.389. The van der Waals surface area contributed by atoms with E-state index in [0.717, 1.165) is 0 Å². The molecule has 3 aliphatic rings. The highest BCUT2D eigenvalue weighted by atomic mass is 16.7. The third-order valence-electron chi connectivity index (χ3n) is 13.2. The van der Waals surface area contributed by atoms with Crippen LogP contribution in [-0.4, -0.2) is 179 Å². The molecular weight excluding hydrogens is 778 g/mol. The second-order valence-electron chi connectivity index (χ2n) is 18.7. The van der Waals surface area contributed by atoms with Crippen LogP contribution in [0.5, 0.6) is 0 Å². The van der Waals surface area contributed by atoms with Gasteiger partial charge < -0.3 is 63.7 Å². The molecule has 3 fully saturated rings. The molecule has 60 heavy (non-hydrogen) atoms. The fraction of sp³-hybridized carbons (Fsp3) is 0.909. The number of hydrogen-bond acceptors (Lipinski definition) is 16. The second-order valence-corrected chi connectivity index (χ2v) is 18.7. The van der Waals surface area contributed by atoms with E-state index in [2.05, 4.69) is 11.1 Å². The number of nitrogens with zero attached hydrogens (tertiary/aromatic N) is 3. The number of ether oxygens (including phenoxy) is 6. The number of rotatable bonds is 13. The minimum atomic E-state index is -1.94. The predicted octanol–water partition coefficient (Wildman–Crippen LogP) is 2.54. The molecule has 0 saturated carbocycles. The summed E-state index contributed by atoms with van der Waals surface area (Å²) in [5.74, 6) is -1.40. The van der Waals surface area contributed by atoms with Crippen LogP contribution in [0.2, 0.25) is 0 Å². The number of hydrogen-bond donors (Lipinski definition) is 5. The fourth-order valence-corrected chi connectivity index (χ4v) is 9.27. The van der Waals surface area contributed by atoms with Gasteiger partial charge in [0.2, 0.25) is 0 Å². The fourth-order valence-electron chi connectivity index (χ4n) is 9.27. The molecule has 0 spiro atoms. The molecule has 18 atom stereocenters. The van der Waals surface area contributed by atoms with Gasteiger partial charge in [-0.1, -0.05) is 32.9 Å². The molecule has 3 saturated heterocycles. The van der Waals surface area contributed by atoms with E-state index in [9.17, 15) is 30.3 Å². The maximum absolute atomic E-state index is 14.4. The van der Waals surface area contributed by atoms with Crippen LogP contribution in [0.15, 0.2) is 5.16 Å². The molecule has 0 radical (unpaired) electrons. The number of carbonyl (C=O) groups is 1. The Balaban J connectivity index is 2.24. The summed E-state index contributed by atoms with van der Waals surface area (Å²) in [6.45, 7) is 18.4. The highest BCUT2D eigenvalue weighted by Crippen LogP contribution is 2.41. The van der Waals surface area contributed by atoms with Crippen molar-refractivity contribution in [1.29, 1.82) is 0 Å². The molecule has 348 valence electrons. The third-order valence-corrected chi connectivity index (χ3v) is 13.2. The number of aliphatic hydroxyl groups is 5. The highest BCUT2D eigenvalue weighted by molar-refractivity contribution is 5.88. The van der Waals surface area contributed by atoms with Crippen LogP contribution in [0, 0.1) is 36.0 Å². The Hall–Kier alpha value is -1.98. The van der Waals surface area contributed by atoms with Crippen molar-refractivity contribution >= 4 is 11.7 Å². The minimum Gasteiger partial charge on any atom is -0.459 e. The van der Waals surface area contributed by atoms with Crippen molar-refractivity contribution < 1.29 is 63.6 Å². The summed E-state index contributed by atoms with van der Waals surface area (Å²) >= 11 is 0. The van der Waals surface area contributed by atoms with Crippen LogP contribution in [0.25, 0.3) is 0 Å². The number of carbonyl (C=O) groups excluding carboxylic acids is 1. The van der Waals surface area contributed by atoms with Crippen LogP contribution in [-0.2, 0) is 38.1 Å². The molecule has 0 aromatic carbocycles. The van der Waals surface area contributed by atoms with E-state index in [1.54, 1.807) is 48.5 Å². The van der Waals surface area contributed by atoms with Crippen LogP contribution >= 0.6 is 0 Å². The van der Waals surface area contributed by atoms with Crippen molar-refractivity contribution in [2.45, 2.75) is 186 Å². The Labute approximate surface area is 359 Å². The summed E-state index contributed by atoms with van der Waals surface area (Å²) < 4.78 is 37.9. The molecule has 3 heterocycles. The van der Waals surface area contributed by atoms with Gasteiger partial charge in [0.1, 0.15) is 30.5 Å². The minimum absolute atomic E-state index is 0.00535. The molecule has 0 amide bonds.